The molecule has 0 amide bonds. The lowest BCUT2D eigenvalue weighted by Crippen LogP contribution is -2.01. The van der Waals surface area contributed by atoms with Crippen LogP contribution in [-0.2, 0) is 6.54 Å². The number of pyridine rings is 1. The number of hydrogen-bond donors (Lipinski definition) is 1. The van der Waals surface area contributed by atoms with E-state index >= 15 is 0 Å². The van der Waals surface area contributed by atoms with Crippen LogP contribution >= 0.6 is 15.9 Å². The summed E-state index contributed by atoms with van der Waals surface area (Å²) in [6, 6.07) is 13.9. The third-order valence-electron chi connectivity index (χ3n) is 2.57. The number of benzene rings is 1. The summed E-state index contributed by atoms with van der Waals surface area (Å²) >= 11 is 3.37. The molecule has 0 aliphatic carbocycles. The number of halogens is 1. The molecule has 0 saturated heterocycles. The molecule has 0 saturated carbocycles. The minimum atomic E-state index is 0.703. The second-order valence-corrected chi connectivity index (χ2v) is 4.99. The average molecular weight is 321 g/mol. The van der Waals surface area contributed by atoms with E-state index in [9.17, 15) is 0 Å². The zero-order valence-electron chi connectivity index (χ0n) is 10.9. The molecular formula is C15H17BrN2O. The van der Waals surface area contributed by atoms with Gasteiger partial charge in [-0.15, -0.1) is 0 Å². The van der Waals surface area contributed by atoms with Gasteiger partial charge in [-0.05, 0) is 58.7 Å². The first-order chi connectivity index (χ1) is 9.28. The molecule has 4 heteroatoms. The highest BCUT2D eigenvalue weighted by Gasteiger charge is 1.97. The molecule has 2 rings (SSSR count). The quantitative estimate of drug-likeness (QED) is 0.808. The number of anilines is 1. The van der Waals surface area contributed by atoms with Gasteiger partial charge in [-0.1, -0.05) is 13.0 Å². The number of nitrogens with zero attached hydrogens (tertiary/aromatic N) is 1. The summed E-state index contributed by atoms with van der Waals surface area (Å²) in [4.78, 5) is 4.38. The maximum absolute atomic E-state index is 5.54. The fourth-order valence-corrected chi connectivity index (χ4v) is 2.01. The van der Waals surface area contributed by atoms with Crippen molar-refractivity contribution in [1.82, 2.24) is 4.98 Å². The van der Waals surface area contributed by atoms with Crippen LogP contribution in [0, 0.1) is 0 Å². The summed E-state index contributed by atoms with van der Waals surface area (Å²) in [5.41, 5.74) is 2.06. The lowest BCUT2D eigenvalue weighted by Gasteiger charge is -2.08. The van der Waals surface area contributed by atoms with E-state index in [4.69, 9.17) is 4.74 Å². The molecule has 0 fully saturated rings. The molecule has 0 aliphatic heterocycles. The second kappa shape index (κ2) is 7.14. The van der Waals surface area contributed by atoms with E-state index < -0.39 is 0 Å². The van der Waals surface area contributed by atoms with Gasteiger partial charge in [0.1, 0.15) is 10.4 Å². The molecule has 2 aromatic rings. The maximum Gasteiger partial charge on any atom is 0.119 e. The Bertz CT molecular complexity index is 514. The summed E-state index contributed by atoms with van der Waals surface area (Å²) in [7, 11) is 0. The SMILES string of the molecule is CCCOc1ccc(NCc2cccc(Br)n2)cc1. The van der Waals surface area contributed by atoms with Gasteiger partial charge in [0.2, 0.25) is 0 Å². The van der Waals surface area contributed by atoms with Crippen molar-refractivity contribution in [2.24, 2.45) is 0 Å². The zero-order chi connectivity index (χ0) is 13.5. The Morgan fingerprint density at radius 1 is 1.16 bits per heavy atom. The average Bonchev–Trinajstić information content (AvgIpc) is 2.44. The first kappa shape index (κ1) is 13.9. The van der Waals surface area contributed by atoms with Crippen LogP contribution in [0.4, 0.5) is 5.69 Å². The van der Waals surface area contributed by atoms with Crippen LogP contribution in [-0.4, -0.2) is 11.6 Å². The summed E-state index contributed by atoms with van der Waals surface area (Å²) in [6.45, 7) is 3.56. The molecule has 0 spiro atoms. The first-order valence-corrected chi connectivity index (χ1v) is 7.15. The van der Waals surface area contributed by atoms with Gasteiger partial charge in [-0.2, -0.15) is 0 Å². The van der Waals surface area contributed by atoms with Crippen molar-refractivity contribution < 1.29 is 4.74 Å². The molecular weight excluding hydrogens is 304 g/mol. The minimum Gasteiger partial charge on any atom is -0.494 e. The molecule has 0 unspecified atom stereocenters. The Morgan fingerprint density at radius 2 is 1.95 bits per heavy atom. The van der Waals surface area contributed by atoms with Crippen molar-refractivity contribution in [1.29, 1.82) is 0 Å². The molecule has 0 bridgehead atoms. The molecule has 0 radical (unpaired) electrons. The Labute approximate surface area is 122 Å². The van der Waals surface area contributed by atoms with Crippen LogP contribution in [0.2, 0.25) is 0 Å². The summed E-state index contributed by atoms with van der Waals surface area (Å²) in [5, 5.41) is 3.33. The molecule has 100 valence electrons. The van der Waals surface area contributed by atoms with Crippen molar-refractivity contribution >= 4 is 21.6 Å². The topological polar surface area (TPSA) is 34.1 Å². The van der Waals surface area contributed by atoms with Crippen LogP contribution < -0.4 is 10.1 Å². The molecule has 1 aromatic heterocycles. The number of nitrogens with one attached hydrogen (secondary N) is 1. The van der Waals surface area contributed by atoms with E-state index in [-0.39, 0.29) is 0 Å². The molecule has 19 heavy (non-hydrogen) atoms. The molecule has 3 nitrogen and oxygen atoms in total. The van der Waals surface area contributed by atoms with Crippen LogP contribution in [0.3, 0.4) is 0 Å². The minimum absolute atomic E-state index is 0.703. The smallest absolute Gasteiger partial charge is 0.119 e. The molecule has 1 heterocycles. The van der Waals surface area contributed by atoms with E-state index in [1.165, 1.54) is 0 Å². The van der Waals surface area contributed by atoms with Gasteiger partial charge in [0.15, 0.2) is 0 Å². The van der Waals surface area contributed by atoms with E-state index in [1.807, 2.05) is 42.5 Å². The van der Waals surface area contributed by atoms with Gasteiger partial charge < -0.3 is 10.1 Å². The van der Waals surface area contributed by atoms with Gasteiger partial charge in [0, 0.05) is 5.69 Å². The lowest BCUT2D eigenvalue weighted by molar-refractivity contribution is 0.317. The van der Waals surface area contributed by atoms with Crippen LogP contribution in [0.5, 0.6) is 5.75 Å². The Kier molecular flexibility index (Phi) is 5.21. The van der Waals surface area contributed by atoms with E-state index in [1.54, 1.807) is 0 Å². The van der Waals surface area contributed by atoms with Crippen molar-refractivity contribution in [3.8, 4) is 5.75 Å². The van der Waals surface area contributed by atoms with E-state index in [2.05, 4.69) is 33.2 Å². The van der Waals surface area contributed by atoms with Crippen molar-refractivity contribution in [3.05, 3.63) is 52.8 Å². The van der Waals surface area contributed by atoms with Gasteiger partial charge in [-0.3, -0.25) is 0 Å². The summed E-state index contributed by atoms with van der Waals surface area (Å²) in [5.74, 6) is 0.910. The van der Waals surface area contributed by atoms with Crippen LogP contribution in [0.25, 0.3) is 0 Å². The molecule has 0 aliphatic rings. The van der Waals surface area contributed by atoms with Crippen molar-refractivity contribution in [2.45, 2.75) is 19.9 Å². The molecule has 1 N–H and O–H groups in total. The summed E-state index contributed by atoms with van der Waals surface area (Å²) < 4.78 is 6.40. The number of aromatic nitrogens is 1. The number of ether oxygens (including phenoxy) is 1. The summed E-state index contributed by atoms with van der Waals surface area (Å²) in [6.07, 6.45) is 1.02. The lowest BCUT2D eigenvalue weighted by atomic mass is 10.3. The Hall–Kier alpha value is -1.55. The number of rotatable bonds is 6. The first-order valence-electron chi connectivity index (χ1n) is 6.36. The predicted octanol–water partition coefficient (Wildman–Crippen LogP) is 4.25. The normalized spacial score (nSPS) is 10.2. The maximum atomic E-state index is 5.54. The molecule has 1 aromatic carbocycles. The third-order valence-corrected chi connectivity index (χ3v) is 3.02. The monoisotopic (exact) mass is 320 g/mol. The van der Waals surface area contributed by atoms with Gasteiger partial charge in [0.25, 0.3) is 0 Å². The van der Waals surface area contributed by atoms with Crippen molar-refractivity contribution in [3.63, 3.8) is 0 Å². The van der Waals surface area contributed by atoms with Gasteiger partial charge in [0.05, 0.1) is 18.8 Å². The van der Waals surface area contributed by atoms with Crippen molar-refractivity contribution in [2.75, 3.05) is 11.9 Å². The van der Waals surface area contributed by atoms with Gasteiger partial charge in [-0.25, -0.2) is 4.98 Å². The Morgan fingerprint density at radius 3 is 2.63 bits per heavy atom. The second-order valence-electron chi connectivity index (χ2n) is 4.18. The highest BCUT2D eigenvalue weighted by atomic mass is 79.9. The highest BCUT2D eigenvalue weighted by Crippen LogP contribution is 2.16. The Balaban J connectivity index is 1.89. The van der Waals surface area contributed by atoms with E-state index in [0.29, 0.717) is 6.54 Å². The number of hydrogen-bond acceptors (Lipinski definition) is 3. The fourth-order valence-electron chi connectivity index (χ4n) is 1.63. The standard InChI is InChI=1S/C15H17BrN2O/c1-2-10-19-14-8-6-12(7-9-14)17-11-13-4-3-5-15(16)18-13/h3-9,17H,2,10-11H2,1H3. The molecule has 0 atom stereocenters. The zero-order valence-corrected chi connectivity index (χ0v) is 12.5. The van der Waals surface area contributed by atoms with Crippen LogP contribution in [0.1, 0.15) is 19.0 Å². The largest absolute Gasteiger partial charge is 0.494 e. The fraction of sp³-hybridized carbons (Fsp3) is 0.267. The van der Waals surface area contributed by atoms with E-state index in [0.717, 1.165) is 34.8 Å². The van der Waals surface area contributed by atoms with Crippen LogP contribution in [0.15, 0.2) is 47.1 Å². The van der Waals surface area contributed by atoms with Gasteiger partial charge >= 0.3 is 0 Å². The third kappa shape index (κ3) is 4.56. The predicted molar refractivity (Wildman–Crippen MR) is 81.5 cm³/mol. The highest BCUT2D eigenvalue weighted by molar-refractivity contribution is 9.10.